The Morgan fingerprint density at radius 3 is 1.74 bits per heavy atom. The molecule has 2 aromatic rings. The summed E-state index contributed by atoms with van der Waals surface area (Å²) in [5.74, 6) is 2.23. The van der Waals surface area contributed by atoms with Crippen molar-refractivity contribution >= 4 is 26.9 Å². The highest BCUT2D eigenvalue weighted by Crippen LogP contribution is 2.34. The first-order valence-electron chi connectivity index (χ1n) is 6.08. The largest absolute Gasteiger partial charge is 0.396 e. The second-order valence-electron chi connectivity index (χ2n) is 3.94. The second kappa shape index (κ2) is 8.69. The number of benzene rings is 2. The average molecular weight is 267 g/mol. The summed E-state index contributed by atoms with van der Waals surface area (Å²) in [5.41, 5.74) is 0. The zero-order chi connectivity index (χ0) is 12.6. The van der Waals surface area contributed by atoms with Crippen LogP contribution in [0, 0.1) is 0 Å². The van der Waals surface area contributed by atoms with Crippen molar-refractivity contribution in [3.63, 3.8) is 0 Å². The highest BCUT2D eigenvalue weighted by atomic mass is 31.1. The van der Waals surface area contributed by atoms with Gasteiger partial charge in [-0.3, -0.25) is 0 Å². The van der Waals surface area contributed by atoms with Crippen molar-refractivity contribution in [1.29, 1.82) is 0 Å². The highest BCUT2D eigenvalue weighted by molar-refractivity contribution is 7.75. The topological polar surface area (TPSA) is 20.2 Å². The van der Waals surface area contributed by atoms with Gasteiger partial charge in [-0.15, -0.1) is 0 Å². The van der Waals surface area contributed by atoms with Crippen molar-refractivity contribution < 1.29 is 5.11 Å². The summed E-state index contributed by atoms with van der Waals surface area (Å²) in [6.07, 6.45) is 2.80. The molecule has 0 fully saturated rings. The third-order valence-corrected chi connectivity index (χ3v) is 4.84. The zero-order valence-corrected chi connectivity index (χ0v) is 11.7. The van der Waals surface area contributed by atoms with E-state index >= 15 is 0 Å². The molecule has 0 saturated carbocycles. The Hall–Kier alpha value is -1.37. The standard InChI is InChI=1S/C16H17OP.B/c17-13-7-8-14-18(15-9-3-1-4-10-15)16-11-5-2-6-12-16;/h1-6,8-12,14,17H,7,13H2;/b14-8-;. The quantitative estimate of drug-likeness (QED) is 0.652. The van der Waals surface area contributed by atoms with Gasteiger partial charge in [-0.1, -0.05) is 72.6 Å². The molecule has 0 unspecified atom stereocenters. The lowest BCUT2D eigenvalue weighted by Crippen LogP contribution is -2.09. The maximum absolute atomic E-state index is 8.88. The molecule has 0 saturated heterocycles. The molecule has 2 aromatic carbocycles. The normalized spacial score (nSPS) is 10.6. The van der Waals surface area contributed by atoms with Gasteiger partial charge in [0.1, 0.15) is 0 Å². The van der Waals surface area contributed by atoms with E-state index in [9.17, 15) is 0 Å². The van der Waals surface area contributed by atoms with E-state index in [1.807, 2.05) is 12.1 Å². The summed E-state index contributed by atoms with van der Waals surface area (Å²) in [6.45, 7) is 0.212. The van der Waals surface area contributed by atoms with Gasteiger partial charge < -0.3 is 5.11 Å². The fourth-order valence-corrected chi connectivity index (χ4v) is 3.74. The van der Waals surface area contributed by atoms with Gasteiger partial charge in [-0.05, 0) is 25.0 Å². The van der Waals surface area contributed by atoms with Gasteiger partial charge in [-0.2, -0.15) is 0 Å². The molecule has 0 bridgehead atoms. The molecule has 2 rings (SSSR count). The van der Waals surface area contributed by atoms with Crippen LogP contribution in [-0.2, 0) is 0 Å². The number of aliphatic hydroxyl groups excluding tert-OH is 1. The Balaban J connectivity index is 0.00000180. The first-order chi connectivity index (χ1) is 8.92. The molecule has 19 heavy (non-hydrogen) atoms. The molecule has 0 spiro atoms. The Labute approximate surface area is 118 Å². The van der Waals surface area contributed by atoms with E-state index in [0.29, 0.717) is 0 Å². The van der Waals surface area contributed by atoms with Crippen molar-refractivity contribution in [2.45, 2.75) is 6.42 Å². The molecule has 0 aromatic heterocycles. The fraction of sp³-hybridized carbons (Fsp3) is 0.125. The van der Waals surface area contributed by atoms with E-state index in [0.717, 1.165) is 6.42 Å². The van der Waals surface area contributed by atoms with Gasteiger partial charge in [0.2, 0.25) is 0 Å². The average Bonchev–Trinajstić information content (AvgIpc) is 2.46. The number of aliphatic hydroxyl groups is 1. The summed E-state index contributed by atoms with van der Waals surface area (Å²) in [6, 6.07) is 21.1. The Morgan fingerprint density at radius 1 is 0.842 bits per heavy atom. The molecular weight excluding hydrogens is 250 g/mol. The molecule has 3 heteroatoms. The predicted octanol–water partition coefficient (Wildman–Crippen LogP) is 2.63. The third-order valence-electron chi connectivity index (χ3n) is 2.62. The smallest absolute Gasteiger partial charge is 0.0465 e. The van der Waals surface area contributed by atoms with Crippen LogP contribution in [0.1, 0.15) is 6.42 Å². The minimum atomic E-state index is -0.454. The van der Waals surface area contributed by atoms with Crippen LogP contribution in [0.5, 0.6) is 0 Å². The molecule has 0 heterocycles. The molecule has 95 valence electrons. The van der Waals surface area contributed by atoms with Crippen LogP contribution in [0.25, 0.3) is 0 Å². The summed E-state index contributed by atoms with van der Waals surface area (Å²) in [4.78, 5) is 0. The SMILES string of the molecule is OCC/C=C\P(c1ccccc1)c1ccccc1.[B]. The predicted molar refractivity (Wildman–Crippen MR) is 85.7 cm³/mol. The van der Waals surface area contributed by atoms with E-state index < -0.39 is 7.92 Å². The van der Waals surface area contributed by atoms with Crippen molar-refractivity contribution in [2.75, 3.05) is 6.61 Å². The Morgan fingerprint density at radius 2 is 1.32 bits per heavy atom. The van der Waals surface area contributed by atoms with Gasteiger partial charge in [0.25, 0.3) is 0 Å². The molecule has 1 nitrogen and oxygen atoms in total. The molecule has 0 aliphatic heterocycles. The van der Waals surface area contributed by atoms with Gasteiger partial charge in [0.05, 0.1) is 0 Å². The van der Waals surface area contributed by atoms with Gasteiger partial charge >= 0.3 is 0 Å². The molecule has 1 N–H and O–H groups in total. The van der Waals surface area contributed by atoms with Crippen LogP contribution < -0.4 is 10.6 Å². The van der Waals surface area contributed by atoms with Crippen LogP contribution in [-0.4, -0.2) is 20.1 Å². The van der Waals surface area contributed by atoms with Crippen molar-refractivity contribution in [3.05, 3.63) is 72.6 Å². The summed E-state index contributed by atoms with van der Waals surface area (Å²) >= 11 is 0. The molecule has 0 atom stereocenters. The number of rotatable bonds is 5. The van der Waals surface area contributed by atoms with E-state index in [4.69, 9.17) is 5.11 Å². The van der Waals surface area contributed by atoms with E-state index in [2.05, 4.69) is 60.4 Å². The van der Waals surface area contributed by atoms with Gasteiger partial charge in [-0.25, -0.2) is 0 Å². The number of hydrogen-bond acceptors (Lipinski definition) is 1. The van der Waals surface area contributed by atoms with Crippen molar-refractivity contribution in [1.82, 2.24) is 0 Å². The second-order valence-corrected chi connectivity index (χ2v) is 6.01. The maximum Gasteiger partial charge on any atom is 0.0465 e. The Kier molecular flexibility index (Phi) is 7.17. The van der Waals surface area contributed by atoms with Gasteiger partial charge in [0.15, 0.2) is 0 Å². The van der Waals surface area contributed by atoms with Crippen molar-refractivity contribution in [2.24, 2.45) is 0 Å². The van der Waals surface area contributed by atoms with Gasteiger partial charge in [0, 0.05) is 15.0 Å². The summed E-state index contributed by atoms with van der Waals surface area (Å²) in [5, 5.41) is 11.6. The maximum atomic E-state index is 8.88. The lowest BCUT2D eigenvalue weighted by atomic mass is 10.4. The van der Waals surface area contributed by atoms with Crippen LogP contribution in [0.2, 0.25) is 0 Å². The third kappa shape index (κ3) is 4.67. The number of hydrogen-bond donors (Lipinski definition) is 1. The van der Waals surface area contributed by atoms with Crippen LogP contribution in [0.3, 0.4) is 0 Å². The zero-order valence-electron chi connectivity index (χ0n) is 10.8. The van der Waals surface area contributed by atoms with Crippen molar-refractivity contribution in [3.8, 4) is 0 Å². The van der Waals surface area contributed by atoms with E-state index in [1.165, 1.54) is 10.6 Å². The summed E-state index contributed by atoms with van der Waals surface area (Å²) in [7, 11) is -0.454. The van der Waals surface area contributed by atoms with E-state index in [-0.39, 0.29) is 15.0 Å². The first-order valence-corrected chi connectivity index (χ1v) is 7.50. The highest BCUT2D eigenvalue weighted by Gasteiger charge is 2.08. The van der Waals surface area contributed by atoms with Crippen LogP contribution in [0.15, 0.2) is 72.6 Å². The molecule has 3 radical (unpaired) electrons. The summed E-state index contributed by atoms with van der Waals surface area (Å²) < 4.78 is 0. The first kappa shape index (κ1) is 15.7. The lowest BCUT2D eigenvalue weighted by Gasteiger charge is -2.14. The molecular formula is C16H17BOP. The Bertz CT molecular complexity index is 445. The van der Waals surface area contributed by atoms with Crippen LogP contribution >= 0.6 is 7.92 Å². The minimum Gasteiger partial charge on any atom is -0.396 e. The lowest BCUT2D eigenvalue weighted by molar-refractivity contribution is 0.302. The minimum absolute atomic E-state index is 0. The van der Waals surface area contributed by atoms with E-state index in [1.54, 1.807) is 0 Å². The fourth-order valence-electron chi connectivity index (χ4n) is 1.75. The van der Waals surface area contributed by atoms with Crippen LogP contribution in [0.4, 0.5) is 0 Å². The molecule has 0 aliphatic rings. The molecule has 0 aliphatic carbocycles. The monoisotopic (exact) mass is 267 g/mol. The molecule has 0 amide bonds.